The van der Waals surface area contributed by atoms with Crippen molar-refractivity contribution in [2.45, 2.75) is 19.4 Å². The van der Waals surface area contributed by atoms with E-state index in [-0.39, 0.29) is 31.1 Å². The highest BCUT2D eigenvalue weighted by molar-refractivity contribution is 5.93. The average Bonchev–Trinajstić information content (AvgIpc) is 2.74. The fraction of sp³-hybridized carbons (Fsp3) is 0.286. The summed E-state index contributed by atoms with van der Waals surface area (Å²) in [7, 11) is 0. The number of fused-ring (bicyclic) bond motifs is 1. The number of rotatable bonds is 7. The molecule has 29 heavy (non-hydrogen) atoms. The highest BCUT2D eigenvalue weighted by Crippen LogP contribution is 2.41. The Labute approximate surface area is 168 Å². The fourth-order valence-corrected chi connectivity index (χ4v) is 3.12. The molecule has 0 aliphatic carbocycles. The van der Waals surface area contributed by atoms with E-state index in [1.165, 1.54) is 11.1 Å². The molecule has 1 atom stereocenters. The van der Waals surface area contributed by atoms with Crippen LogP contribution < -0.4 is 9.64 Å². The molecule has 2 N–H and O–H groups in total. The lowest BCUT2D eigenvalue weighted by molar-refractivity contribution is -0.137. The van der Waals surface area contributed by atoms with Crippen molar-refractivity contribution in [2.75, 3.05) is 24.7 Å². The zero-order chi connectivity index (χ0) is 20.8. The summed E-state index contributed by atoms with van der Waals surface area (Å²) in [6.45, 7) is 1.62. The Morgan fingerprint density at radius 3 is 2.79 bits per heavy atom. The number of nitrogens with zero attached hydrogens (tertiary/aromatic N) is 2. The minimum absolute atomic E-state index is 0.0216. The van der Waals surface area contributed by atoms with Crippen molar-refractivity contribution in [3.05, 3.63) is 59.4 Å². The Morgan fingerprint density at radius 1 is 1.38 bits per heavy atom. The van der Waals surface area contributed by atoms with Gasteiger partial charge in [-0.05, 0) is 12.5 Å². The molecular weight excluding hydrogens is 376 g/mol. The third kappa shape index (κ3) is 4.55. The molecule has 1 amide bonds. The van der Waals surface area contributed by atoms with Crippen LogP contribution in [0.5, 0.6) is 5.75 Å². The van der Waals surface area contributed by atoms with Gasteiger partial charge in [0, 0.05) is 18.2 Å². The molecule has 2 heterocycles. The molecule has 0 radical (unpaired) electrons. The van der Waals surface area contributed by atoms with E-state index in [4.69, 9.17) is 9.47 Å². The second-order valence-electron chi connectivity index (χ2n) is 6.43. The van der Waals surface area contributed by atoms with Crippen LogP contribution >= 0.6 is 0 Å². The smallest absolute Gasteiger partial charge is 0.334 e. The van der Waals surface area contributed by atoms with Gasteiger partial charge in [0.1, 0.15) is 17.5 Å². The molecule has 0 bridgehead atoms. The van der Waals surface area contributed by atoms with Crippen molar-refractivity contribution in [2.24, 2.45) is 0 Å². The average molecular weight is 398 g/mol. The number of hydrogen-bond acceptors (Lipinski definition) is 7. The van der Waals surface area contributed by atoms with Crippen LogP contribution in [0.15, 0.2) is 42.6 Å². The van der Waals surface area contributed by atoms with E-state index in [1.54, 1.807) is 6.92 Å². The Morgan fingerprint density at radius 2 is 2.14 bits per heavy atom. The molecule has 1 aromatic heterocycles. The van der Waals surface area contributed by atoms with Gasteiger partial charge >= 0.3 is 5.97 Å². The van der Waals surface area contributed by atoms with Crippen LogP contribution in [0.2, 0.25) is 0 Å². The van der Waals surface area contributed by atoms with E-state index in [0.717, 1.165) is 11.6 Å². The van der Waals surface area contributed by atoms with Gasteiger partial charge in [-0.15, -0.1) is 0 Å². The standard InChI is InChI=1S/C21H22N2O6/c1-2-28-18(27)9-17(26)19-20-21(29-16(12-24)11-23(20)13-25)15(10-22-19)8-14-6-4-3-5-7-14/h3-7,9-10,13,16,24,26H,2,8,11-12H2,1H3/b17-9-. The Kier molecular flexibility index (Phi) is 6.46. The number of amides is 1. The fourth-order valence-electron chi connectivity index (χ4n) is 3.12. The monoisotopic (exact) mass is 398 g/mol. The van der Waals surface area contributed by atoms with E-state index in [9.17, 15) is 19.8 Å². The first-order valence-corrected chi connectivity index (χ1v) is 9.20. The zero-order valence-electron chi connectivity index (χ0n) is 15.9. The van der Waals surface area contributed by atoms with Crippen molar-refractivity contribution >= 4 is 23.8 Å². The Balaban J connectivity index is 2.10. The maximum atomic E-state index is 11.7. The summed E-state index contributed by atoms with van der Waals surface area (Å²) >= 11 is 0. The molecule has 0 saturated heterocycles. The first kappa shape index (κ1) is 20.3. The molecule has 8 heteroatoms. The number of aromatic nitrogens is 1. The van der Waals surface area contributed by atoms with Crippen LogP contribution in [0.4, 0.5) is 5.69 Å². The van der Waals surface area contributed by atoms with Gasteiger partial charge < -0.3 is 24.6 Å². The topological polar surface area (TPSA) is 109 Å². The lowest BCUT2D eigenvalue weighted by Crippen LogP contribution is -2.42. The summed E-state index contributed by atoms with van der Waals surface area (Å²) in [5, 5.41) is 20.0. The molecule has 3 rings (SSSR count). The molecule has 1 aliphatic rings. The molecule has 2 aromatic rings. The van der Waals surface area contributed by atoms with Gasteiger partial charge in [0.15, 0.2) is 11.5 Å². The number of anilines is 1. The summed E-state index contributed by atoms with van der Waals surface area (Å²) in [5.74, 6) is -0.833. The number of aliphatic hydroxyl groups is 2. The number of esters is 1. The number of ether oxygens (including phenoxy) is 2. The van der Waals surface area contributed by atoms with Gasteiger partial charge in [-0.3, -0.25) is 9.78 Å². The number of carbonyl (C=O) groups excluding carboxylic acids is 2. The number of carbonyl (C=O) groups is 2. The summed E-state index contributed by atoms with van der Waals surface area (Å²) in [6, 6.07) is 9.62. The highest BCUT2D eigenvalue weighted by atomic mass is 16.5. The van der Waals surface area contributed by atoms with E-state index < -0.39 is 17.8 Å². The molecule has 8 nitrogen and oxygen atoms in total. The van der Waals surface area contributed by atoms with Crippen molar-refractivity contribution in [1.29, 1.82) is 0 Å². The van der Waals surface area contributed by atoms with Crippen LogP contribution in [-0.4, -0.2) is 53.4 Å². The highest BCUT2D eigenvalue weighted by Gasteiger charge is 2.32. The van der Waals surface area contributed by atoms with Crippen molar-refractivity contribution in [3.8, 4) is 5.75 Å². The van der Waals surface area contributed by atoms with Gasteiger partial charge in [0.25, 0.3) is 0 Å². The minimum Gasteiger partial charge on any atom is -0.505 e. The maximum absolute atomic E-state index is 11.7. The first-order valence-electron chi connectivity index (χ1n) is 9.20. The lowest BCUT2D eigenvalue weighted by atomic mass is 10.0. The van der Waals surface area contributed by atoms with E-state index >= 15 is 0 Å². The largest absolute Gasteiger partial charge is 0.505 e. The number of hydrogen-bond donors (Lipinski definition) is 2. The molecule has 1 aromatic carbocycles. The number of benzene rings is 1. The quantitative estimate of drug-likeness (QED) is 0.317. The van der Waals surface area contributed by atoms with E-state index in [2.05, 4.69) is 4.98 Å². The van der Waals surface area contributed by atoms with E-state index in [1.807, 2.05) is 30.3 Å². The third-order valence-electron chi connectivity index (χ3n) is 4.40. The molecule has 1 aliphatic heterocycles. The third-order valence-corrected chi connectivity index (χ3v) is 4.40. The lowest BCUT2D eigenvalue weighted by Gasteiger charge is -2.34. The first-order chi connectivity index (χ1) is 14.1. The van der Waals surface area contributed by atoms with Gasteiger partial charge in [-0.1, -0.05) is 30.3 Å². The van der Waals surface area contributed by atoms with Gasteiger partial charge in [0.05, 0.1) is 25.8 Å². The molecule has 1 unspecified atom stereocenters. The van der Waals surface area contributed by atoms with Crippen LogP contribution in [0, 0.1) is 0 Å². The minimum atomic E-state index is -0.725. The summed E-state index contributed by atoms with van der Waals surface area (Å²) < 4.78 is 10.7. The second-order valence-corrected chi connectivity index (χ2v) is 6.43. The van der Waals surface area contributed by atoms with Crippen LogP contribution in [0.1, 0.15) is 23.7 Å². The van der Waals surface area contributed by atoms with Crippen molar-refractivity contribution in [1.82, 2.24) is 4.98 Å². The van der Waals surface area contributed by atoms with Gasteiger partial charge in [-0.25, -0.2) is 4.79 Å². The predicted molar refractivity (Wildman–Crippen MR) is 106 cm³/mol. The molecule has 0 saturated carbocycles. The molecular formula is C21H22N2O6. The van der Waals surface area contributed by atoms with Crippen molar-refractivity contribution < 1.29 is 29.3 Å². The molecule has 0 spiro atoms. The van der Waals surface area contributed by atoms with Gasteiger partial charge in [0.2, 0.25) is 6.41 Å². The predicted octanol–water partition coefficient (Wildman–Crippen LogP) is 1.85. The van der Waals surface area contributed by atoms with Crippen LogP contribution in [-0.2, 0) is 20.7 Å². The summed E-state index contributed by atoms with van der Waals surface area (Å²) in [5.41, 5.74) is 1.95. The number of pyridine rings is 1. The Hall–Kier alpha value is -3.39. The second kappa shape index (κ2) is 9.20. The van der Waals surface area contributed by atoms with Crippen LogP contribution in [0.3, 0.4) is 0 Å². The van der Waals surface area contributed by atoms with Crippen molar-refractivity contribution in [3.63, 3.8) is 0 Å². The summed E-state index contributed by atoms with van der Waals surface area (Å²) in [4.78, 5) is 29.0. The number of aliphatic hydroxyl groups excluding tert-OH is 2. The zero-order valence-corrected chi connectivity index (χ0v) is 15.9. The Bertz CT molecular complexity index is 913. The van der Waals surface area contributed by atoms with E-state index in [0.29, 0.717) is 24.1 Å². The maximum Gasteiger partial charge on any atom is 0.334 e. The SMILES string of the molecule is CCOC(=O)/C=C(\O)c1ncc(Cc2ccccc2)c2c1N(C=O)CC(CO)O2. The molecule has 152 valence electrons. The summed E-state index contributed by atoms with van der Waals surface area (Å²) in [6.07, 6.45) is 2.88. The van der Waals surface area contributed by atoms with Gasteiger partial charge in [-0.2, -0.15) is 0 Å². The van der Waals surface area contributed by atoms with Crippen LogP contribution in [0.25, 0.3) is 5.76 Å². The molecule has 0 fully saturated rings. The normalized spacial score (nSPS) is 16.0.